The van der Waals surface area contributed by atoms with Gasteiger partial charge in [-0.25, -0.2) is 0 Å². The van der Waals surface area contributed by atoms with Gasteiger partial charge in [0.2, 0.25) is 0 Å². The molecule has 0 atom stereocenters. The number of ether oxygens (including phenoxy) is 1. The molecule has 0 amide bonds. The van der Waals surface area contributed by atoms with Crippen molar-refractivity contribution in [2.24, 2.45) is 5.92 Å². The molecule has 16 heavy (non-hydrogen) atoms. The maximum absolute atomic E-state index is 11.5. The summed E-state index contributed by atoms with van der Waals surface area (Å²) in [7, 11) is 0. The molecule has 2 rings (SSSR count). The lowest BCUT2D eigenvalue weighted by molar-refractivity contribution is -0.137. The minimum atomic E-state index is -0.190. The minimum Gasteiger partial charge on any atom is -0.424 e. The van der Waals surface area contributed by atoms with Crippen molar-refractivity contribution in [2.75, 3.05) is 5.32 Å². The monoisotopic (exact) mass is 219 g/mol. The first kappa shape index (κ1) is 11.0. The number of hydrogen-bond acceptors (Lipinski definition) is 3. The van der Waals surface area contributed by atoms with E-state index < -0.39 is 0 Å². The van der Waals surface area contributed by atoms with E-state index in [1.807, 2.05) is 38.1 Å². The second kappa shape index (κ2) is 4.56. The first-order chi connectivity index (χ1) is 7.66. The van der Waals surface area contributed by atoms with E-state index in [1.165, 1.54) is 12.8 Å². The quantitative estimate of drug-likeness (QED) is 0.625. The molecule has 1 fully saturated rings. The summed E-state index contributed by atoms with van der Waals surface area (Å²) in [4.78, 5) is 11.5. The lowest BCUT2D eigenvalue weighted by Gasteiger charge is -2.12. The third-order valence-electron chi connectivity index (χ3n) is 2.51. The molecule has 3 heteroatoms. The number of carbonyl (C=O) groups excluding carboxylic acids is 1. The number of esters is 1. The first-order valence-electron chi connectivity index (χ1n) is 5.74. The number of benzene rings is 1. The van der Waals surface area contributed by atoms with Crippen LogP contribution in [-0.4, -0.2) is 12.0 Å². The van der Waals surface area contributed by atoms with Gasteiger partial charge in [0.15, 0.2) is 5.75 Å². The van der Waals surface area contributed by atoms with Crippen LogP contribution in [0.1, 0.15) is 26.7 Å². The fourth-order valence-corrected chi connectivity index (χ4v) is 1.35. The molecule has 0 aromatic heterocycles. The highest BCUT2D eigenvalue weighted by Gasteiger charge is 2.22. The Balaban J connectivity index is 2.09. The molecule has 1 aromatic rings. The Kier molecular flexibility index (Phi) is 3.13. The summed E-state index contributed by atoms with van der Waals surface area (Å²) < 4.78 is 5.33. The molecular formula is C13H17NO2. The molecular weight excluding hydrogens is 202 g/mol. The van der Waals surface area contributed by atoms with Crippen LogP contribution in [-0.2, 0) is 4.79 Å². The molecule has 1 aliphatic rings. The van der Waals surface area contributed by atoms with Gasteiger partial charge in [-0.05, 0) is 25.0 Å². The number of hydrogen-bond donors (Lipinski definition) is 1. The maximum atomic E-state index is 11.5. The highest BCUT2D eigenvalue weighted by atomic mass is 16.5. The molecule has 0 saturated heterocycles. The Morgan fingerprint density at radius 2 is 2.06 bits per heavy atom. The van der Waals surface area contributed by atoms with Crippen LogP contribution >= 0.6 is 0 Å². The molecule has 86 valence electrons. The van der Waals surface area contributed by atoms with Crippen molar-refractivity contribution in [2.45, 2.75) is 32.7 Å². The molecule has 0 bridgehead atoms. The van der Waals surface area contributed by atoms with Crippen LogP contribution in [0.3, 0.4) is 0 Å². The highest BCUT2D eigenvalue weighted by molar-refractivity contribution is 5.76. The molecule has 0 aliphatic heterocycles. The number of para-hydroxylation sites is 2. The molecule has 0 spiro atoms. The summed E-state index contributed by atoms with van der Waals surface area (Å²) in [6.45, 7) is 3.67. The predicted molar refractivity (Wildman–Crippen MR) is 63.6 cm³/mol. The van der Waals surface area contributed by atoms with E-state index >= 15 is 0 Å². The Morgan fingerprint density at radius 1 is 1.38 bits per heavy atom. The zero-order valence-corrected chi connectivity index (χ0v) is 9.69. The van der Waals surface area contributed by atoms with Crippen LogP contribution in [0.15, 0.2) is 24.3 Å². The molecule has 1 aliphatic carbocycles. The van der Waals surface area contributed by atoms with Gasteiger partial charge in [0.05, 0.1) is 11.6 Å². The third-order valence-corrected chi connectivity index (χ3v) is 2.51. The SMILES string of the molecule is CC(C)C(=O)Oc1ccccc1NC1CC1. The predicted octanol–water partition coefficient (Wildman–Crippen LogP) is 2.82. The van der Waals surface area contributed by atoms with E-state index in [0.29, 0.717) is 11.8 Å². The van der Waals surface area contributed by atoms with Gasteiger partial charge < -0.3 is 10.1 Å². The van der Waals surface area contributed by atoms with Gasteiger partial charge >= 0.3 is 5.97 Å². The standard InChI is InChI=1S/C13H17NO2/c1-9(2)13(15)16-12-6-4-3-5-11(12)14-10-7-8-10/h3-6,9-10,14H,7-8H2,1-2H3. The van der Waals surface area contributed by atoms with Gasteiger partial charge in [0.1, 0.15) is 0 Å². The summed E-state index contributed by atoms with van der Waals surface area (Å²) in [5, 5.41) is 3.35. The molecule has 1 N–H and O–H groups in total. The zero-order chi connectivity index (χ0) is 11.5. The summed E-state index contributed by atoms with van der Waals surface area (Å²) in [5.74, 6) is 0.340. The van der Waals surface area contributed by atoms with E-state index in [4.69, 9.17) is 4.74 Å². The molecule has 1 aromatic carbocycles. The fourth-order valence-electron chi connectivity index (χ4n) is 1.35. The maximum Gasteiger partial charge on any atom is 0.313 e. The lowest BCUT2D eigenvalue weighted by atomic mass is 10.2. The largest absolute Gasteiger partial charge is 0.424 e. The van der Waals surface area contributed by atoms with Crippen molar-refractivity contribution in [3.8, 4) is 5.75 Å². The second-order valence-electron chi connectivity index (χ2n) is 4.49. The van der Waals surface area contributed by atoms with Gasteiger partial charge in [-0.15, -0.1) is 0 Å². The first-order valence-corrected chi connectivity index (χ1v) is 5.74. The van der Waals surface area contributed by atoms with E-state index in [2.05, 4.69) is 5.32 Å². The van der Waals surface area contributed by atoms with E-state index in [1.54, 1.807) is 0 Å². The van der Waals surface area contributed by atoms with Crippen molar-refractivity contribution in [1.82, 2.24) is 0 Å². The lowest BCUT2D eigenvalue weighted by Crippen LogP contribution is -2.16. The molecule has 0 unspecified atom stereocenters. The molecule has 3 nitrogen and oxygen atoms in total. The second-order valence-corrected chi connectivity index (χ2v) is 4.49. The Hall–Kier alpha value is -1.51. The van der Waals surface area contributed by atoms with Gasteiger partial charge in [-0.1, -0.05) is 26.0 Å². The van der Waals surface area contributed by atoms with Gasteiger partial charge in [0.25, 0.3) is 0 Å². The van der Waals surface area contributed by atoms with Crippen LogP contribution in [0.4, 0.5) is 5.69 Å². The number of rotatable bonds is 4. The normalized spacial score (nSPS) is 14.9. The molecule has 1 saturated carbocycles. The summed E-state index contributed by atoms with van der Waals surface area (Å²) in [6.07, 6.45) is 2.40. The van der Waals surface area contributed by atoms with E-state index in [0.717, 1.165) is 5.69 Å². The van der Waals surface area contributed by atoms with Crippen LogP contribution < -0.4 is 10.1 Å². The zero-order valence-electron chi connectivity index (χ0n) is 9.69. The van der Waals surface area contributed by atoms with Crippen molar-refractivity contribution in [3.63, 3.8) is 0 Å². The van der Waals surface area contributed by atoms with Crippen LogP contribution in [0.2, 0.25) is 0 Å². The third kappa shape index (κ3) is 2.75. The van der Waals surface area contributed by atoms with Crippen molar-refractivity contribution < 1.29 is 9.53 Å². The topological polar surface area (TPSA) is 38.3 Å². The van der Waals surface area contributed by atoms with E-state index in [9.17, 15) is 4.79 Å². The van der Waals surface area contributed by atoms with Gasteiger partial charge in [0, 0.05) is 6.04 Å². The molecule has 0 heterocycles. The number of anilines is 1. The Morgan fingerprint density at radius 3 is 2.69 bits per heavy atom. The van der Waals surface area contributed by atoms with Crippen LogP contribution in [0.25, 0.3) is 0 Å². The van der Waals surface area contributed by atoms with E-state index in [-0.39, 0.29) is 11.9 Å². The summed E-state index contributed by atoms with van der Waals surface area (Å²) in [5.41, 5.74) is 0.916. The number of nitrogens with one attached hydrogen (secondary N) is 1. The van der Waals surface area contributed by atoms with Crippen molar-refractivity contribution >= 4 is 11.7 Å². The van der Waals surface area contributed by atoms with Crippen molar-refractivity contribution in [1.29, 1.82) is 0 Å². The van der Waals surface area contributed by atoms with Crippen molar-refractivity contribution in [3.05, 3.63) is 24.3 Å². The highest BCUT2D eigenvalue weighted by Crippen LogP contribution is 2.31. The number of carbonyl (C=O) groups is 1. The minimum absolute atomic E-state index is 0.103. The fraction of sp³-hybridized carbons (Fsp3) is 0.462. The van der Waals surface area contributed by atoms with Crippen LogP contribution in [0, 0.1) is 5.92 Å². The Labute approximate surface area is 95.8 Å². The molecule has 0 radical (unpaired) electrons. The summed E-state index contributed by atoms with van der Waals surface area (Å²) >= 11 is 0. The smallest absolute Gasteiger partial charge is 0.313 e. The van der Waals surface area contributed by atoms with Gasteiger partial charge in [-0.3, -0.25) is 4.79 Å². The Bertz CT molecular complexity index is 383. The average molecular weight is 219 g/mol. The summed E-state index contributed by atoms with van der Waals surface area (Å²) in [6, 6.07) is 8.14. The average Bonchev–Trinajstić information content (AvgIpc) is 3.04. The van der Waals surface area contributed by atoms with Crippen LogP contribution in [0.5, 0.6) is 5.75 Å². The van der Waals surface area contributed by atoms with Gasteiger partial charge in [-0.2, -0.15) is 0 Å².